The first-order valence-electron chi connectivity index (χ1n) is 19.4. The molecule has 6 heteroatoms. The van der Waals surface area contributed by atoms with E-state index in [2.05, 4.69) is 36.6 Å². The normalized spacial score (nSPS) is 12.0. The Labute approximate surface area is 278 Å². The summed E-state index contributed by atoms with van der Waals surface area (Å²) in [5.41, 5.74) is 0. The average molecular weight is 634 g/mol. The van der Waals surface area contributed by atoms with Crippen LogP contribution < -0.4 is 15.7 Å². The number of hydrogen-bond donors (Lipinski definition) is 2. The van der Waals surface area contributed by atoms with Crippen molar-refractivity contribution in [1.29, 1.82) is 0 Å². The van der Waals surface area contributed by atoms with E-state index in [1.165, 1.54) is 135 Å². The van der Waals surface area contributed by atoms with Gasteiger partial charge in [0.15, 0.2) is 0 Å². The number of nitrogens with one attached hydrogen (secondary N) is 2. The molecule has 0 fully saturated rings. The van der Waals surface area contributed by atoms with Crippen LogP contribution in [-0.2, 0) is 14.4 Å². The van der Waals surface area contributed by atoms with Gasteiger partial charge in [-0.25, -0.2) is 0 Å². The van der Waals surface area contributed by atoms with Gasteiger partial charge in [0.05, 0.1) is 0 Å². The van der Waals surface area contributed by atoms with Gasteiger partial charge in [0, 0.05) is 18.9 Å². The first-order chi connectivity index (χ1) is 22.0. The fourth-order valence-corrected chi connectivity index (χ4v) is 5.81. The van der Waals surface area contributed by atoms with Gasteiger partial charge in [0.2, 0.25) is 11.8 Å². The van der Waals surface area contributed by atoms with Crippen molar-refractivity contribution < 1.29 is 19.5 Å². The first kappa shape index (κ1) is 43.1. The molecule has 0 aliphatic carbocycles. The molecule has 0 aliphatic rings. The minimum Gasteiger partial charge on any atom is -0.550 e. The van der Waals surface area contributed by atoms with E-state index in [0.29, 0.717) is 13.0 Å². The highest BCUT2D eigenvalue weighted by atomic mass is 16.4. The Morgan fingerprint density at radius 2 is 0.933 bits per heavy atom. The maximum Gasteiger partial charge on any atom is 0.242 e. The molecule has 0 aromatic carbocycles. The molecule has 1 atom stereocenters. The van der Waals surface area contributed by atoms with E-state index < -0.39 is 12.0 Å². The van der Waals surface area contributed by atoms with Crippen LogP contribution in [0.25, 0.3) is 0 Å². The van der Waals surface area contributed by atoms with Gasteiger partial charge >= 0.3 is 0 Å². The summed E-state index contributed by atoms with van der Waals surface area (Å²) in [6, 6.07) is -0.815. The van der Waals surface area contributed by atoms with Crippen molar-refractivity contribution in [1.82, 2.24) is 10.6 Å². The van der Waals surface area contributed by atoms with Crippen molar-refractivity contribution in [2.45, 2.75) is 213 Å². The number of carboxylic acid groups (broad SMARTS) is 1. The predicted molar refractivity (Wildman–Crippen MR) is 189 cm³/mol. The summed E-state index contributed by atoms with van der Waals surface area (Å²) in [6.45, 7) is 5.07. The van der Waals surface area contributed by atoms with Crippen LogP contribution in [-0.4, -0.2) is 30.4 Å². The van der Waals surface area contributed by atoms with Crippen LogP contribution in [0.2, 0.25) is 0 Å². The number of unbranched alkanes of at least 4 members (excludes halogenated alkanes) is 24. The molecule has 2 amide bonds. The van der Waals surface area contributed by atoms with Gasteiger partial charge in [0.25, 0.3) is 0 Å². The largest absolute Gasteiger partial charge is 0.550 e. The third-order valence-corrected chi connectivity index (χ3v) is 8.78. The molecular formula is C39H73N2O4-. The van der Waals surface area contributed by atoms with Crippen molar-refractivity contribution in [3.8, 4) is 0 Å². The van der Waals surface area contributed by atoms with E-state index >= 15 is 0 Å². The topological polar surface area (TPSA) is 98.3 Å². The molecule has 2 N–H and O–H groups in total. The van der Waals surface area contributed by atoms with E-state index in [1.54, 1.807) is 0 Å². The highest BCUT2D eigenvalue weighted by Crippen LogP contribution is 2.13. The quantitative estimate of drug-likeness (QED) is 0.0536. The van der Waals surface area contributed by atoms with E-state index in [0.717, 1.165) is 38.5 Å². The third kappa shape index (κ3) is 33.3. The molecule has 0 aromatic heterocycles. The molecule has 0 bridgehead atoms. The second kappa shape index (κ2) is 35.0. The highest BCUT2D eigenvalue weighted by Gasteiger charge is 2.20. The lowest BCUT2D eigenvalue weighted by atomic mass is 10.0. The Bertz CT molecular complexity index is 709. The van der Waals surface area contributed by atoms with Crippen molar-refractivity contribution in [3.05, 3.63) is 12.2 Å². The zero-order valence-corrected chi connectivity index (χ0v) is 29.8. The average Bonchev–Trinajstić information content (AvgIpc) is 3.02. The van der Waals surface area contributed by atoms with Gasteiger partial charge in [0.1, 0.15) is 6.04 Å². The molecule has 264 valence electrons. The fourth-order valence-electron chi connectivity index (χ4n) is 5.81. The summed E-state index contributed by atoms with van der Waals surface area (Å²) in [5.74, 6) is -1.67. The molecule has 45 heavy (non-hydrogen) atoms. The van der Waals surface area contributed by atoms with Crippen LogP contribution in [0.5, 0.6) is 0 Å². The van der Waals surface area contributed by atoms with Crippen LogP contribution in [0.3, 0.4) is 0 Å². The van der Waals surface area contributed by atoms with Crippen molar-refractivity contribution in [2.24, 2.45) is 0 Å². The number of rotatable bonds is 35. The van der Waals surface area contributed by atoms with E-state index in [-0.39, 0.29) is 24.7 Å². The Balaban J connectivity index is 3.87. The molecule has 0 aliphatic heterocycles. The second-order valence-corrected chi connectivity index (χ2v) is 13.3. The zero-order valence-electron chi connectivity index (χ0n) is 29.8. The molecule has 0 spiro atoms. The van der Waals surface area contributed by atoms with Crippen LogP contribution >= 0.6 is 0 Å². The van der Waals surface area contributed by atoms with Crippen molar-refractivity contribution >= 4 is 17.8 Å². The number of amides is 2. The van der Waals surface area contributed by atoms with Crippen LogP contribution in [0, 0.1) is 0 Å². The van der Waals surface area contributed by atoms with E-state index in [4.69, 9.17) is 0 Å². The van der Waals surface area contributed by atoms with Crippen molar-refractivity contribution in [2.75, 3.05) is 6.54 Å². The van der Waals surface area contributed by atoms with Crippen LogP contribution in [0.15, 0.2) is 12.2 Å². The molecule has 0 saturated heterocycles. The summed E-state index contributed by atoms with van der Waals surface area (Å²) in [6.07, 6.45) is 38.4. The SMILES string of the molecule is CCCCCCCC/C=C\CCCCCCCC(=O)N[C@@H](CCC(=O)[O-])C(=O)NCCCCCCCCCCCCCCCC. The number of carboxylic acids is 1. The lowest BCUT2D eigenvalue weighted by Crippen LogP contribution is -2.47. The van der Waals surface area contributed by atoms with Crippen LogP contribution in [0.1, 0.15) is 206 Å². The lowest BCUT2D eigenvalue weighted by Gasteiger charge is -2.19. The van der Waals surface area contributed by atoms with Gasteiger partial charge in [-0.3, -0.25) is 9.59 Å². The minimum absolute atomic E-state index is 0.0605. The van der Waals surface area contributed by atoms with Gasteiger partial charge in [-0.05, 0) is 51.4 Å². The Morgan fingerprint density at radius 3 is 1.38 bits per heavy atom. The maximum atomic E-state index is 12.7. The number of hydrogen-bond acceptors (Lipinski definition) is 4. The highest BCUT2D eigenvalue weighted by molar-refractivity contribution is 5.87. The summed E-state index contributed by atoms with van der Waals surface area (Å²) in [7, 11) is 0. The Kier molecular flexibility index (Phi) is 33.6. The number of allylic oxidation sites excluding steroid dienone is 2. The summed E-state index contributed by atoms with van der Waals surface area (Å²) >= 11 is 0. The molecule has 0 aromatic rings. The predicted octanol–water partition coefficient (Wildman–Crippen LogP) is 9.64. The maximum absolute atomic E-state index is 12.7. The van der Waals surface area contributed by atoms with Crippen LogP contribution in [0.4, 0.5) is 0 Å². The molecule has 0 radical (unpaired) electrons. The molecule has 0 unspecified atom stereocenters. The van der Waals surface area contributed by atoms with Crippen molar-refractivity contribution in [3.63, 3.8) is 0 Å². The van der Waals surface area contributed by atoms with Gasteiger partial charge in [-0.15, -0.1) is 0 Å². The van der Waals surface area contributed by atoms with Gasteiger partial charge in [-0.1, -0.05) is 161 Å². The number of aliphatic carboxylic acids is 1. The van der Waals surface area contributed by atoms with E-state index in [9.17, 15) is 19.5 Å². The first-order valence-corrected chi connectivity index (χ1v) is 19.4. The molecule has 0 rings (SSSR count). The lowest BCUT2D eigenvalue weighted by molar-refractivity contribution is -0.305. The Hall–Kier alpha value is -1.85. The second-order valence-electron chi connectivity index (χ2n) is 13.3. The summed E-state index contributed by atoms with van der Waals surface area (Å²) in [5, 5.41) is 16.7. The number of carbonyl (C=O) groups is 3. The smallest absolute Gasteiger partial charge is 0.242 e. The minimum atomic E-state index is -1.20. The molecular weight excluding hydrogens is 560 g/mol. The summed E-state index contributed by atoms with van der Waals surface area (Å²) < 4.78 is 0. The third-order valence-electron chi connectivity index (χ3n) is 8.78. The van der Waals surface area contributed by atoms with Gasteiger partial charge in [-0.2, -0.15) is 0 Å². The zero-order chi connectivity index (χ0) is 33.1. The monoisotopic (exact) mass is 634 g/mol. The molecule has 0 saturated carbocycles. The fraction of sp³-hybridized carbons (Fsp3) is 0.872. The standard InChI is InChI=1S/C39H74N2O4/c1-3-5-7-9-11-13-15-17-19-20-22-24-26-28-30-32-37(42)41-36(33-34-38(43)44)39(45)40-35-31-29-27-25-23-21-18-16-14-12-10-8-6-4-2/h17,19,36H,3-16,18,20-35H2,1-2H3,(H,40,45)(H,41,42)(H,43,44)/p-1/b19-17-/t36-/m0/s1. The molecule has 0 heterocycles. The van der Waals surface area contributed by atoms with Gasteiger partial charge < -0.3 is 20.5 Å². The van der Waals surface area contributed by atoms with E-state index in [1.807, 2.05) is 0 Å². The molecule has 6 nitrogen and oxygen atoms in total. The Morgan fingerprint density at radius 1 is 0.533 bits per heavy atom. The number of carbonyl (C=O) groups excluding carboxylic acids is 3. The summed E-state index contributed by atoms with van der Waals surface area (Å²) in [4.78, 5) is 36.2.